The molecular formula is C23H27IP2. The molecule has 1 unspecified atom stereocenters. The van der Waals surface area contributed by atoms with E-state index in [4.69, 9.17) is 0 Å². The topological polar surface area (TPSA) is 0 Å². The van der Waals surface area contributed by atoms with Crippen LogP contribution < -0.4 is 39.9 Å². The molecule has 1 aliphatic carbocycles. The Bertz CT molecular complexity index is 672. The van der Waals surface area contributed by atoms with Gasteiger partial charge < -0.3 is 24.0 Å². The van der Waals surface area contributed by atoms with Gasteiger partial charge in [-0.15, -0.1) is 0 Å². The van der Waals surface area contributed by atoms with Gasteiger partial charge in [0.05, 0.1) is 5.66 Å². The maximum absolute atomic E-state index is 2.37. The zero-order chi connectivity index (χ0) is 16.2. The van der Waals surface area contributed by atoms with Crippen molar-refractivity contribution in [3.8, 4) is 0 Å². The Balaban J connectivity index is 0.00000121. The molecule has 3 aromatic carbocycles. The van der Waals surface area contributed by atoms with Crippen molar-refractivity contribution in [3.05, 3.63) is 91.0 Å². The summed E-state index contributed by atoms with van der Waals surface area (Å²) in [4.78, 5) is 0. The first-order chi connectivity index (χ1) is 11.9. The number of hydrogen-bond acceptors (Lipinski definition) is 0. The largest absolute Gasteiger partial charge is 1.00 e. The van der Waals surface area contributed by atoms with E-state index in [1.165, 1.54) is 41.6 Å². The SMILES string of the molecule is P.[I-].c1ccc([P+](c2ccccc2)(c2ccccc2)C2CCCC2)cc1. The molecule has 0 saturated heterocycles. The first-order valence-corrected chi connectivity index (χ1v) is 10.8. The lowest BCUT2D eigenvalue weighted by Crippen LogP contribution is -3.00. The second kappa shape index (κ2) is 9.98. The van der Waals surface area contributed by atoms with Crippen LogP contribution >= 0.6 is 17.2 Å². The van der Waals surface area contributed by atoms with Crippen molar-refractivity contribution in [1.29, 1.82) is 0 Å². The average molecular weight is 492 g/mol. The van der Waals surface area contributed by atoms with Crippen molar-refractivity contribution in [3.63, 3.8) is 0 Å². The van der Waals surface area contributed by atoms with Gasteiger partial charge in [0.1, 0.15) is 23.2 Å². The van der Waals surface area contributed by atoms with Crippen LogP contribution in [0.3, 0.4) is 0 Å². The van der Waals surface area contributed by atoms with Gasteiger partial charge in [0, 0.05) is 0 Å². The van der Waals surface area contributed by atoms with E-state index in [0.29, 0.717) is 0 Å². The highest BCUT2D eigenvalue weighted by Crippen LogP contribution is 2.63. The fourth-order valence-corrected chi connectivity index (χ4v) is 9.59. The molecule has 0 aromatic heterocycles. The van der Waals surface area contributed by atoms with Gasteiger partial charge in [0.25, 0.3) is 0 Å². The van der Waals surface area contributed by atoms with Crippen molar-refractivity contribution < 1.29 is 24.0 Å². The fourth-order valence-electron chi connectivity index (χ4n) is 4.36. The highest BCUT2D eigenvalue weighted by atomic mass is 127. The number of hydrogen-bond donors (Lipinski definition) is 0. The maximum Gasteiger partial charge on any atom is 0.115 e. The molecule has 0 nitrogen and oxygen atoms in total. The summed E-state index contributed by atoms with van der Waals surface area (Å²) in [7, 11) is -1.60. The highest BCUT2D eigenvalue weighted by molar-refractivity contribution is 7.96. The lowest BCUT2D eigenvalue weighted by atomic mass is 10.3. The Morgan fingerprint density at radius 2 is 0.846 bits per heavy atom. The summed E-state index contributed by atoms with van der Waals surface area (Å²) in [5.41, 5.74) is 0.768. The second-order valence-electron chi connectivity index (χ2n) is 6.67. The van der Waals surface area contributed by atoms with Crippen LogP contribution in [0.15, 0.2) is 91.0 Å². The molecule has 136 valence electrons. The van der Waals surface area contributed by atoms with Gasteiger partial charge >= 0.3 is 0 Å². The average Bonchev–Trinajstić information content (AvgIpc) is 3.20. The minimum Gasteiger partial charge on any atom is -1.00 e. The van der Waals surface area contributed by atoms with Crippen molar-refractivity contribution in [2.75, 3.05) is 0 Å². The minimum absolute atomic E-state index is 0. The Morgan fingerprint density at radius 3 is 1.15 bits per heavy atom. The van der Waals surface area contributed by atoms with E-state index in [-0.39, 0.29) is 33.9 Å². The summed E-state index contributed by atoms with van der Waals surface area (Å²) in [5.74, 6) is 0. The summed E-state index contributed by atoms with van der Waals surface area (Å²) < 4.78 is 0. The molecule has 1 atom stereocenters. The third-order valence-corrected chi connectivity index (χ3v) is 10.3. The lowest BCUT2D eigenvalue weighted by Gasteiger charge is -2.32. The van der Waals surface area contributed by atoms with E-state index < -0.39 is 7.26 Å². The summed E-state index contributed by atoms with van der Waals surface area (Å²) in [6.45, 7) is 0. The van der Waals surface area contributed by atoms with Gasteiger partial charge in [0.15, 0.2) is 0 Å². The quantitative estimate of drug-likeness (QED) is 0.386. The van der Waals surface area contributed by atoms with Gasteiger partial charge in [-0.25, -0.2) is 0 Å². The van der Waals surface area contributed by atoms with Crippen LogP contribution in [0.1, 0.15) is 25.7 Å². The monoisotopic (exact) mass is 492 g/mol. The van der Waals surface area contributed by atoms with Crippen LogP contribution in [-0.2, 0) is 0 Å². The minimum atomic E-state index is -1.60. The van der Waals surface area contributed by atoms with Gasteiger partial charge in [-0.1, -0.05) is 54.6 Å². The van der Waals surface area contributed by atoms with Crippen LogP contribution in [0.4, 0.5) is 0 Å². The highest BCUT2D eigenvalue weighted by Gasteiger charge is 2.52. The van der Waals surface area contributed by atoms with E-state index >= 15 is 0 Å². The van der Waals surface area contributed by atoms with Gasteiger partial charge in [-0.2, -0.15) is 9.90 Å². The molecule has 0 radical (unpaired) electrons. The molecular weight excluding hydrogens is 465 g/mol. The normalized spacial score (nSPS) is 14.3. The molecule has 0 bridgehead atoms. The smallest absolute Gasteiger partial charge is 0.115 e. The van der Waals surface area contributed by atoms with Crippen molar-refractivity contribution >= 4 is 33.1 Å². The maximum atomic E-state index is 2.37. The van der Waals surface area contributed by atoms with Crippen LogP contribution in [-0.4, -0.2) is 5.66 Å². The first-order valence-electron chi connectivity index (χ1n) is 8.98. The Hall–Kier alpha value is -0.750. The van der Waals surface area contributed by atoms with Crippen molar-refractivity contribution in [2.45, 2.75) is 31.3 Å². The molecule has 3 aromatic rings. The zero-order valence-electron chi connectivity index (χ0n) is 15.1. The summed E-state index contributed by atoms with van der Waals surface area (Å²) in [6, 6.07) is 33.9. The summed E-state index contributed by atoms with van der Waals surface area (Å²) in [6.07, 6.45) is 5.46. The lowest BCUT2D eigenvalue weighted by molar-refractivity contribution is -0.00000479. The van der Waals surface area contributed by atoms with Crippen molar-refractivity contribution in [1.82, 2.24) is 0 Å². The van der Waals surface area contributed by atoms with Crippen LogP contribution in [0.2, 0.25) is 0 Å². The molecule has 1 saturated carbocycles. The van der Waals surface area contributed by atoms with Crippen molar-refractivity contribution in [2.24, 2.45) is 0 Å². The Morgan fingerprint density at radius 1 is 0.538 bits per heavy atom. The number of rotatable bonds is 4. The van der Waals surface area contributed by atoms with Gasteiger partial charge in [-0.05, 0) is 62.1 Å². The fraction of sp³-hybridized carbons (Fsp3) is 0.217. The molecule has 0 N–H and O–H groups in total. The molecule has 26 heavy (non-hydrogen) atoms. The van der Waals surface area contributed by atoms with Gasteiger partial charge in [0.2, 0.25) is 0 Å². The summed E-state index contributed by atoms with van der Waals surface area (Å²) >= 11 is 0. The summed E-state index contributed by atoms with van der Waals surface area (Å²) in [5, 5.41) is 4.61. The van der Waals surface area contributed by atoms with E-state index in [1.54, 1.807) is 0 Å². The first kappa shape index (κ1) is 21.5. The van der Waals surface area contributed by atoms with Crippen LogP contribution in [0.25, 0.3) is 0 Å². The van der Waals surface area contributed by atoms with Gasteiger partial charge in [-0.3, -0.25) is 0 Å². The number of benzene rings is 3. The standard InChI is InChI=1S/C23H24P.HI.H3P/c1-4-12-20(13-5-1)24(23-18-10-11-19-23,21-14-6-2-7-15-21)22-16-8-3-9-17-22;;/h1-9,12-17,23H,10-11,18-19H2;1H;1H3/q+1;;/p-1. The molecule has 0 amide bonds. The molecule has 3 heteroatoms. The predicted octanol–water partition coefficient (Wildman–Crippen LogP) is 1.99. The predicted molar refractivity (Wildman–Crippen MR) is 119 cm³/mol. The Labute approximate surface area is 178 Å². The molecule has 4 rings (SSSR count). The van der Waals surface area contributed by atoms with E-state index in [0.717, 1.165) is 5.66 Å². The van der Waals surface area contributed by atoms with Crippen LogP contribution in [0.5, 0.6) is 0 Å². The van der Waals surface area contributed by atoms with Crippen LogP contribution in [0, 0.1) is 0 Å². The second-order valence-corrected chi connectivity index (χ2v) is 10.4. The molecule has 1 fully saturated rings. The third kappa shape index (κ3) is 3.91. The third-order valence-electron chi connectivity index (χ3n) is 5.36. The molecule has 0 aliphatic heterocycles. The Kier molecular flexibility index (Phi) is 8.27. The zero-order valence-corrected chi connectivity index (χ0v) is 19.6. The number of halogens is 1. The van der Waals surface area contributed by atoms with E-state index in [1.807, 2.05) is 0 Å². The molecule has 1 aliphatic rings. The molecule has 0 spiro atoms. The van der Waals surface area contributed by atoms with E-state index in [2.05, 4.69) is 91.0 Å². The molecule has 0 heterocycles. The van der Waals surface area contributed by atoms with E-state index in [9.17, 15) is 0 Å².